The summed E-state index contributed by atoms with van der Waals surface area (Å²) in [6.45, 7) is 4.64. The molecular weight excluding hydrogens is 248 g/mol. The minimum Gasteiger partial charge on any atom is -0.356 e. The lowest BCUT2D eigenvalue weighted by atomic mass is 9.82. The fraction of sp³-hybridized carbons (Fsp3) is 0.529. The predicted molar refractivity (Wildman–Crippen MR) is 81.3 cm³/mol. The fourth-order valence-corrected chi connectivity index (χ4v) is 3.05. The van der Waals surface area contributed by atoms with E-state index in [-0.39, 0.29) is 11.3 Å². The van der Waals surface area contributed by atoms with Crippen LogP contribution in [-0.4, -0.2) is 17.4 Å². The van der Waals surface area contributed by atoms with Gasteiger partial charge in [-0.3, -0.25) is 9.78 Å². The van der Waals surface area contributed by atoms with Gasteiger partial charge < -0.3 is 5.32 Å². The summed E-state index contributed by atoms with van der Waals surface area (Å²) in [6.07, 6.45) is 11.0. The summed E-state index contributed by atoms with van der Waals surface area (Å²) >= 11 is 0. The van der Waals surface area contributed by atoms with Crippen molar-refractivity contribution in [2.75, 3.05) is 6.54 Å². The second-order valence-corrected chi connectivity index (χ2v) is 5.80. The first-order chi connectivity index (χ1) is 9.74. The molecule has 1 amide bonds. The van der Waals surface area contributed by atoms with Crippen molar-refractivity contribution < 1.29 is 4.79 Å². The van der Waals surface area contributed by atoms with Crippen molar-refractivity contribution >= 4 is 5.91 Å². The topological polar surface area (TPSA) is 42.0 Å². The fourth-order valence-electron chi connectivity index (χ4n) is 3.05. The molecule has 0 aromatic carbocycles. The molecule has 0 saturated heterocycles. The van der Waals surface area contributed by atoms with E-state index >= 15 is 0 Å². The number of amides is 1. The first-order valence-electron chi connectivity index (χ1n) is 7.52. The summed E-state index contributed by atoms with van der Waals surface area (Å²) in [5.41, 5.74) is 1.24. The number of nitrogens with zero attached hydrogens (tertiary/aromatic N) is 1. The Bertz CT molecular complexity index is 436. The molecule has 0 atom stereocenters. The van der Waals surface area contributed by atoms with Gasteiger partial charge in [0.15, 0.2) is 0 Å². The molecule has 1 fully saturated rings. The molecule has 1 saturated carbocycles. The quantitative estimate of drug-likeness (QED) is 0.774. The third kappa shape index (κ3) is 4.19. The van der Waals surface area contributed by atoms with Crippen molar-refractivity contribution in [2.24, 2.45) is 5.41 Å². The first kappa shape index (κ1) is 14.8. The van der Waals surface area contributed by atoms with Gasteiger partial charge in [-0.1, -0.05) is 25.0 Å². The molecule has 108 valence electrons. The van der Waals surface area contributed by atoms with Crippen LogP contribution in [0.3, 0.4) is 0 Å². The molecular formula is C17H24N2O. The van der Waals surface area contributed by atoms with Gasteiger partial charge in [0.25, 0.3) is 0 Å². The molecule has 3 heteroatoms. The Labute approximate surface area is 121 Å². The molecule has 2 rings (SSSR count). The van der Waals surface area contributed by atoms with Crippen LogP contribution in [0.2, 0.25) is 0 Å². The number of aryl methyl sites for hydroxylation is 1. The lowest BCUT2D eigenvalue weighted by Crippen LogP contribution is -2.35. The number of allylic oxidation sites excluding steroid dienone is 1. The maximum absolute atomic E-state index is 12.0. The number of pyridine rings is 1. The number of aromatic nitrogens is 1. The summed E-state index contributed by atoms with van der Waals surface area (Å²) in [6, 6.07) is 5.81. The van der Waals surface area contributed by atoms with Crippen LogP contribution < -0.4 is 5.32 Å². The summed E-state index contributed by atoms with van der Waals surface area (Å²) < 4.78 is 0. The van der Waals surface area contributed by atoms with Crippen LogP contribution in [0.5, 0.6) is 0 Å². The zero-order valence-electron chi connectivity index (χ0n) is 12.1. The van der Waals surface area contributed by atoms with Gasteiger partial charge in [-0.25, -0.2) is 0 Å². The standard InChI is InChI=1S/C17H24N2O/c1-2-10-17(11-4-5-12-17)14-19-16(20)9-8-15-7-3-6-13-18-15/h2-3,6-7,13H,1,4-5,8-12,14H2,(H,19,20). The maximum atomic E-state index is 12.0. The van der Waals surface area contributed by atoms with Gasteiger partial charge in [0, 0.05) is 24.9 Å². The Kier molecular flexibility index (Phi) is 5.33. The number of nitrogens with one attached hydrogen (secondary N) is 1. The van der Waals surface area contributed by atoms with E-state index < -0.39 is 0 Å². The Morgan fingerprint density at radius 2 is 2.20 bits per heavy atom. The third-order valence-electron chi connectivity index (χ3n) is 4.24. The smallest absolute Gasteiger partial charge is 0.220 e. The Morgan fingerprint density at radius 1 is 1.40 bits per heavy atom. The second-order valence-electron chi connectivity index (χ2n) is 5.80. The van der Waals surface area contributed by atoms with Crippen LogP contribution in [0.4, 0.5) is 0 Å². The van der Waals surface area contributed by atoms with Crippen molar-refractivity contribution in [3.63, 3.8) is 0 Å². The molecule has 0 spiro atoms. The highest BCUT2D eigenvalue weighted by molar-refractivity contribution is 5.76. The van der Waals surface area contributed by atoms with Crippen LogP contribution in [0.1, 0.15) is 44.2 Å². The molecule has 1 N–H and O–H groups in total. The van der Waals surface area contributed by atoms with Gasteiger partial charge >= 0.3 is 0 Å². The van der Waals surface area contributed by atoms with Gasteiger partial charge in [0.1, 0.15) is 0 Å². The minimum absolute atomic E-state index is 0.131. The van der Waals surface area contributed by atoms with E-state index in [9.17, 15) is 4.79 Å². The SMILES string of the molecule is C=CCC1(CNC(=O)CCc2ccccn2)CCCC1. The summed E-state index contributed by atoms with van der Waals surface area (Å²) in [4.78, 5) is 16.2. The lowest BCUT2D eigenvalue weighted by Gasteiger charge is -2.27. The summed E-state index contributed by atoms with van der Waals surface area (Å²) in [5.74, 6) is 0.131. The van der Waals surface area contributed by atoms with E-state index in [0.717, 1.165) is 18.7 Å². The van der Waals surface area contributed by atoms with E-state index in [0.29, 0.717) is 12.8 Å². The van der Waals surface area contributed by atoms with Gasteiger partial charge in [-0.2, -0.15) is 0 Å². The van der Waals surface area contributed by atoms with Crippen LogP contribution in [0, 0.1) is 5.41 Å². The van der Waals surface area contributed by atoms with Crippen molar-refractivity contribution in [3.8, 4) is 0 Å². The maximum Gasteiger partial charge on any atom is 0.220 e. The first-order valence-corrected chi connectivity index (χ1v) is 7.52. The molecule has 1 aliphatic rings. The monoisotopic (exact) mass is 272 g/mol. The van der Waals surface area contributed by atoms with Gasteiger partial charge in [-0.05, 0) is 43.2 Å². The van der Waals surface area contributed by atoms with E-state index in [1.165, 1.54) is 25.7 Å². The van der Waals surface area contributed by atoms with Gasteiger partial charge in [-0.15, -0.1) is 6.58 Å². The number of rotatable bonds is 7. The summed E-state index contributed by atoms with van der Waals surface area (Å²) in [7, 11) is 0. The molecule has 1 heterocycles. The number of carbonyl (C=O) groups excluding carboxylic acids is 1. The molecule has 1 aromatic rings. The normalized spacial score (nSPS) is 16.8. The minimum atomic E-state index is 0.131. The van der Waals surface area contributed by atoms with Crippen molar-refractivity contribution in [3.05, 3.63) is 42.7 Å². The molecule has 0 bridgehead atoms. The van der Waals surface area contributed by atoms with E-state index in [2.05, 4.69) is 16.9 Å². The van der Waals surface area contributed by atoms with Crippen LogP contribution in [0.25, 0.3) is 0 Å². The zero-order valence-corrected chi connectivity index (χ0v) is 12.1. The number of carbonyl (C=O) groups is 1. The second kappa shape index (κ2) is 7.22. The number of hydrogen-bond donors (Lipinski definition) is 1. The Balaban J connectivity index is 1.75. The highest BCUT2D eigenvalue weighted by Gasteiger charge is 2.32. The van der Waals surface area contributed by atoms with Crippen LogP contribution in [-0.2, 0) is 11.2 Å². The molecule has 3 nitrogen and oxygen atoms in total. The van der Waals surface area contributed by atoms with Gasteiger partial charge in [0.2, 0.25) is 5.91 Å². The van der Waals surface area contributed by atoms with E-state index in [1.807, 2.05) is 24.3 Å². The van der Waals surface area contributed by atoms with Crippen molar-refractivity contribution in [2.45, 2.75) is 44.9 Å². The molecule has 0 aliphatic heterocycles. The highest BCUT2D eigenvalue weighted by atomic mass is 16.1. The van der Waals surface area contributed by atoms with E-state index in [1.54, 1.807) is 6.20 Å². The Hall–Kier alpha value is -1.64. The predicted octanol–water partition coefficient (Wildman–Crippen LogP) is 3.27. The molecule has 1 aliphatic carbocycles. The largest absolute Gasteiger partial charge is 0.356 e. The highest BCUT2D eigenvalue weighted by Crippen LogP contribution is 2.40. The Morgan fingerprint density at radius 3 is 2.85 bits per heavy atom. The molecule has 0 unspecified atom stereocenters. The van der Waals surface area contributed by atoms with Crippen molar-refractivity contribution in [1.82, 2.24) is 10.3 Å². The van der Waals surface area contributed by atoms with Crippen LogP contribution in [0.15, 0.2) is 37.1 Å². The molecule has 1 aromatic heterocycles. The molecule has 20 heavy (non-hydrogen) atoms. The van der Waals surface area contributed by atoms with Crippen LogP contribution >= 0.6 is 0 Å². The average molecular weight is 272 g/mol. The van der Waals surface area contributed by atoms with Crippen molar-refractivity contribution in [1.29, 1.82) is 0 Å². The lowest BCUT2D eigenvalue weighted by molar-refractivity contribution is -0.121. The molecule has 0 radical (unpaired) electrons. The van der Waals surface area contributed by atoms with Gasteiger partial charge in [0.05, 0.1) is 0 Å². The zero-order chi connectivity index (χ0) is 14.3. The van der Waals surface area contributed by atoms with E-state index in [4.69, 9.17) is 0 Å². The average Bonchev–Trinajstić information content (AvgIpc) is 2.93. The number of hydrogen-bond acceptors (Lipinski definition) is 2. The third-order valence-corrected chi connectivity index (χ3v) is 4.24. The summed E-state index contributed by atoms with van der Waals surface area (Å²) in [5, 5.41) is 3.11.